The largest absolute Gasteiger partial charge is 0.461 e. The number of aromatic nitrogens is 1. The summed E-state index contributed by atoms with van der Waals surface area (Å²) in [5.41, 5.74) is -0.00490. The van der Waals surface area contributed by atoms with E-state index in [1.165, 1.54) is 0 Å². The second-order valence-corrected chi connectivity index (χ2v) is 4.76. The number of aryl methyl sites for hydroxylation is 1. The van der Waals surface area contributed by atoms with Gasteiger partial charge in [0.2, 0.25) is 0 Å². The van der Waals surface area contributed by atoms with E-state index in [2.05, 4.69) is 10.3 Å². The quantitative estimate of drug-likeness (QED) is 0.648. The summed E-state index contributed by atoms with van der Waals surface area (Å²) in [6.45, 7) is 2.07. The smallest absolute Gasteiger partial charge is 0.358 e. The highest BCUT2D eigenvalue weighted by Crippen LogP contribution is 2.26. The average Bonchev–Trinajstić information content (AvgIpc) is 2.68. The van der Waals surface area contributed by atoms with Crippen molar-refractivity contribution in [1.29, 1.82) is 0 Å². The first-order chi connectivity index (χ1) is 8.77. The summed E-state index contributed by atoms with van der Waals surface area (Å²) in [6.07, 6.45) is -3.76. The van der Waals surface area contributed by atoms with Gasteiger partial charge in [0.05, 0.1) is 13.2 Å². The van der Waals surface area contributed by atoms with Gasteiger partial charge in [-0.2, -0.15) is 8.78 Å². The van der Waals surface area contributed by atoms with Crippen molar-refractivity contribution in [1.82, 2.24) is 4.98 Å². The third-order valence-electron chi connectivity index (χ3n) is 2.06. The normalized spacial score (nSPS) is 11.7. The molecule has 108 valence electrons. The molecule has 0 bridgehead atoms. The van der Waals surface area contributed by atoms with E-state index < -0.39 is 24.9 Å². The van der Waals surface area contributed by atoms with Crippen LogP contribution in [0.3, 0.4) is 0 Å². The van der Waals surface area contributed by atoms with E-state index in [1.54, 1.807) is 13.8 Å². The number of nitrogens with one attached hydrogen (secondary N) is 1. The van der Waals surface area contributed by atoms with Gasteiger partial charge in [0.25, 0.3) is 0 Å². The topological polar surface area (TPSA) is 51.2 Å². The number of nitrogens with zero attached hydrogens (tertiary/aromatic N) is 1. The standard InChI is InChI=1S/C10H12F4N2O2S/c1-3-18-7(17)6-5(2)19-9(16-6)15-4-10(13,14)8(11)12/h8H,3-4H2,1-2H3,(H,15,16). The number of rotatable bonds is 6. The van der Waals surface area contributed by atoms with Gasteiger partial charge in [-0.05, 0) is 13.8 Å². The Labute approximate surface area is 110 Å². The Hall–Kier alpha value is -1.38. The van der Waals surface area contributed by atoms with Gasteiger partial charge < -0.3 is 10.1 Å². The zero-order chi connectivity index (χ0) is 14.6. The van der Waals surface area contributed by atoms with Gasteiger partial charge in [0, 0.05) is 4.88 Å². The minimum atomic E-state index is -4.15. The summed E-state index contributed by atoms with van der Waals surface area (Å²) < 4.78 is 54.0. The molecule has 1 heterocycles. The number of hydrogen-bond donors (Lipinski definition) is 1. The molecule has 0 saturated heterocycles. The van der Waals surface area contributed by atoms with Crippen molar-refractivity contribution in [2.45, 2.75) is 26.2 Å². The first-order valence-electron chi connectivity index (χ1n) is 5.32. The highest BCUT2D eigenvalue weighted by molar-refractivity contribution is 7.15. The van der Waals surface area contributed by atoms with E-state index in [1.807, 2.05) is 0 Å². The van der Waals surface area contributed by atoms with Crippen LogP contribution in [0.15, 0.2) is 0 Å². The van der Waals surface area contributed by atoms with Crippen LogP contribution in [0.4, 0.5) is 22.7 Å². The van der Waals surface area contributed by atoms with Crippen LogP contribution in [0.2, 0.25) is 0 Å². The Kier molecular flexibility index (Phi) is 5.10. The van der Waals surface area contributed by atoms with Crippen molar-refractivity contribution in [3.63, 3.8) is 0 Å². The molecule has 19 heavy (non-hydrogen) atoms. The van der Waals surface area contributed by atoms with Crippen LogP contribution in [0.5, 0.6) is 0 Å². The number of anilines is 1. The summed E-state index contributed by atoms with van der Waals surface area (Å²) in [4.78, 5) is 15.6. The Morgan fingerprint density at radius 3 is 2.68 bits per heavy atom. The fourth-order valence-corrected chi connectivity index (χ4v) is 1.93. The van der Waals surface area contributed by atoms with Crippen LogP contribution < -0.4 is 5.32 Å². The van der Waals surface area contributed by atoms with Crippen molar-refractivity contribution in [3.8, 4) is 0 Å². The highest BCUT2D eigenvalue weighted by Gasteiger charge is 2.40. The van der Waals surface area contributed by atoms with E-state index in [-0.39, 0.29) is 17.4 Å². The molecule has 0 aliphatic heterocycles. The van der Waals surface area contributed by atoms with Crippen molar-refractivity contribution in [2.75, 3.05) is 18.5 Å². The third-order valence-corrected chi connectivity index (χ3v) is 2.99. The molecule has 1 aromatic heterocycles. The van der Waals surface area contributed by atoms with Gasteiger partial charge in [-0.25, -0.2) is 18.6 Å². The van der Waals surface area contributed by atoms with Crippen molar-refractivity contribution < 1.29 is 27.1 Å². The molecule has 0 radical (unpaired) electrons. The molecule has 0 amide bonds. The van der Waals surface area contributed by atoms with Crippen molar-refractivity contribution >= 4 is 22.4 Å². The third kappa shape index (κ3) is 4.05. The predicted octanol–water partition coefficient (Wildman–Crippen LogP) is 2.94. The van der Waals surface area contributed by atoms with Crippen LogP contribution in [0.25, 0.3) is 0 Å². The lowest BCUT2D eigenvalue weighted by Gasteiger charge is -2.14. The summed E-state index contributed by atoms with van der Waals surface area (Å²) in [6, 6.07) is 0. The number of esters is 1. The lowest BCUT2D eigenvalue weighted by Crippen LogP contribution is -2.34. The Morgan fingerprint density at radius 2 is 2.16 bits per heavy atom. The average molecular weight is 300 g/mol. The van der Waals surface area contributed by atoms with E-state index in [9.17, 15) is 22.4 Å². The summed E-state index contributed by atoms with van der Waals surface area (Å²) in [7, 11) is 0. The molecule has 0 aromatic carbocycles. The zero-order valence-corrected chi connectivity index (χ0v) is 11.0. The molecule has 0 spiro atoms. The molecule has 1 rings (SSSR count). The van der Waals surface area contributed by atoms with Gasteiger partial charge in [-0.1, -0.05) is 0 Å². The Balaban J connectivity index is 2.72. The first kappa shape index (κ1) is 15.7. The summed E-state index contributed by atoms with van der Waals surface area (Å²) >= 11 is 0.920. The Morgan fingerprint density at radius 1 is 1.53 bits per heavy atom. The number of thiazole rings is 1. The van der Waals surface area contributed by atoms with Gasteiger partial charge in [0.15, 0.2) is 10.8 Å². The maximum atomic E-state index is 12.7. The van der Waals surface area contributed by atoms with Gasteiger partial charge in [-0.15, -0.1) is 11.3 Å². The van der Waals surface area contributed by atoms with Crippen LogP contribution in [-0.2, 0) is 4.74 Å². The molecule has 0 unspecified atom stereocenters. The zero-order valence-electron chi connectivity index (χ0n) is 10.2. The monoisotopic (exact) mass is 300 g/mol. The second-order valence-electron chi connectivity index (χ2n) is 3.56. The van der Waals surface area contributed by atoms with Crippen molar-refractivity contribution in [2.24, 2.45) is 0 Å². The van der Waals surface area contributed by atoms with E-state index in [0.29, 0.717) is 4.88 Å². The van der Waals surface area contributed by atoms with E-state index in [0.717, 1.165) is 11.3 Å². The maximum absolute atomic E-state index is 12.7. The van der Waals surface area contributed by atoms with Crippen molar-refractivity contribution in [3.05, 3.63) is 10.6 Å². The molecule has 9 heteroatoms. The van der Waals surface area contributed by atoms with E-state index >= 15 is 0 Å². The first-order valence-corrected chi connectivity index (χ1v) is 6.14. The SMILES string of the molecule is CCOC(=O)c1nc(NCC(F)(F)C(F)F)sc1C. The fourth-order valence-electron chi connectivity index (χ4n) is 1.13. The number of carbonyl (C=O) groups excluding carboxylic acids is 1. The van der Waals surface area contributed by atoms with Crippen LogP contribution in [0.1, 0.15) is 22.3 Å². The highest BCUT2D eigenvalue weighted by atomic mass is 32.1. The lowest BCUT2D eigenvalue weighted by molar-refractivity contribution is -0.117. The molecular formula is C10H12F4N2O2S. The number of ether oxygens (including phenoxy) is 1. The minimum Gasteiger partial charge on any atom is -0.461 e. The summed E-state index contributed by atoms with van der Waals surface area (Å²) in [5, 5.41) is 2.07. The molecule has 0 aliphatic rings. The number of halogens is 4. The predicted molar refractivity (Wildman–Crippen MR) is 62.2 cm³/mol. The number of alkyl halides is 4. The van der Waals surface area contributed by atoms with Gasteiger partial charge in [0.1, 0.15) is 0 Å². The molecule has 4 nitrogen and oxygen atoms in total. The second kappa shape index (κ2) is 6.18. The lowest BCUT2D eigenvalue weighted by atomic mass is 10.3. The molecule has 1 N–H and O–H groups in total. The van der Waals surface area contributed by atoms with Crippen LogP contribution in [-0.4, -0.2) is 36.5 Å². The van der Waals surface area contributed by atoms with Crippen LogP contribution in [0, 0.1) is 6.92 Å². The summed E-state index contributed by atoms with van der Waals surface area (Å²) in [5.74, 6) is -4.83. The minimum absolute atomic E-state index is 0.00490. The van der Waals surface area contributed by atoms with E-state index in [4.69, 9.17) is 4.74 Å². The van der Waals surface area contributed by atoms with Gasteiger partial charge in [-0.3, -0.25) is 0 Å². The molecule has 0 atom stereocenters. The maximum Gasteiger partial charge on any atom is 0.358 e. The number of hydrogen-bond acceptors (Lipinski definition) is 5. The molecule has 0 fully saturated rings. The number of carbonyl (C=O) groups is 1. The molecular weight excluding hydrogens is 288 g/mol. The molecule has 0 aliphatic carbocycles. The molecule has 1 aromatic rings. The Bertz CT molecular complexity index is 451. The fraction of sp³-hybridized carbons (Fsp3) is 0.600. The van der Waals surface area contributed by atoms with Crippen LogP contribution >= 0.6 is 11.3 Å². The molecule has 0 saturated carbocycles. The van der Waals surface area contributed by atoms with Gasteiger partial charge >= 0.3 is 18.3 Å².